The van der Waals surface area contributed by atoms with Gasteiger partial charge in [0, 0.05) is 99.4 Å². The van der Waals surface area contributed by atoms with Gasteiger partial charge >= 0.3 is 0 Å². The third-order valence-electron chi connectivity index (χ3n) is 14.4. The average Bonchev–Trinajstić information content (AvgIpc) is 0.838. The number of nitrogens with one attached hydrogen (secondary N) is 8. The van der Waals surface area contributed by atoms with E-state index in [4.69, 9.17) is 47.4 Å². The minimum Gasteiger partial charge on any atom is -0.394 e. The molecule has 0 radical (unpaired) electrons. The van der Waals surface area contributed by atoms with E-state index >= 15 is 0 Å². The molecule has 3 aliphatic rings. The van der Waals surface area contributed by atoms with Gasteiger partial charge in [0.1, 0.15) is 78.6 Å². The zero-order valence-corrected chi connectivity index (χ0v) is 55.9. The summed E-state index contributed by atoms with van der Waals surface area (Å²) in [6.07, 6.45) is -15.0. The fraction of sp³-hybridized carbons (Fsp3) is 0.867. The number of carbonyl (C=O) groups is 8. The molecule has 3 heterocycles. The molecular weight excluding hydrogens is 1260 g/mol. The molecule has 0 aliphatic carbocycles. The number of carbonyl (C=O) groups excluding carboxylic acids is 8. The van der Waals surface area contributed by atoms with Crippen LogP contribution in [0.25, 0.3) is 0 Å². The minimum absolute atomic E-state index is 0.00535. The number of hydrogen-bond donors (Lipinski definition) is 17. The van der Waals surface area contributed by atoms with Crippen LogP contribution in [0.5, 0.6) is 0 Å². The lowest BCUT2D eigenvalue weighted by atomic mass is 9.97. The predicted molar refractivity (Wildman–Crippen MR) is 332 cm³/mol. The van der Waals surface area contributed by atoms with Crippen molar-refractivity contribution in [3.05, 3.63) is 0 Å². The fourth-order valence-electron chi connectivity index (χ4n) is 9.60. The van der Waals surface area contributed by atoms with Gasteiger partial charge in [-0.3, -0.25) is 38.4 Å². The topological polar surface area (TPSA) is 507 Å². The van der Waals surface area contributed by atoms with Crippen LogP contribution in [0.3, 0.4) is 0 Å². The smallest absolute Gasteiger partial charge is 0.222 e. The van der Waals surface area contributed by atoms with E-state index in [0.717, 1.165) is 5.92 Å². The number of ether oxygens (including phenoxy) is 10. The Labute approximate surface area is 554 Å². The van der Waals surface area contributed by atoms with E-state index in [-0.39, 0.29) is 155 Å². The molecule has 3 rings (SSSR count). The Bertz CT molecular complexity index is 2130. The first kappa shape index (κ1) is 86.1. The second kappa shape index (κ2) is 48.7. The molecule has 17 N–H and O–H groups in total. The van der Waals surface area contributed by atoms with E-state index in [1.165, 1.54) is 27.9 Å². The van der Waals surface area contributed by atoms with Crippen LogP contribution in [-0.2, 0) is 85.7 Å². The van der Waals surface area contributed by atoms with Crippen LogP contribution in [0.2, 0.25) is 0 Å². The van der Waals surface area contributed by atoms with Gasteiger partial charge in [-0.25, -0.2) is 0 Å². The molecule has 15 atom stereocenters. The van der Waals surface area contributed by atoms with E-state index in [9.17, 15) is 84.3 Å². The van der Waals surface area contributed by atoms with Crippen LogP contribution < -0.4 is 42.5 Å². The van der Waals surface area contributed by atoms with Crippen molar-refractivity contribution in [1.29, 1.82) is 0 Å². The van der Waals surface area contributed by atoms with Gasteiger partial charge < -0.3 is 136 Å². The van der Waals surface area contributed by atoms with Crippen LogP contribution in [0.15, 0.2) is 0 Å². The summed E-state index contributed by atoms with van der Waals surface area (Å²) in [6, 6.07) is -3.44. The third kappa shape index (κ3) is 34.9. The highest BCUT2D eigenvalue weighted by molar-refractivity contribution is 5.80. The Morgan fingerprint density at radius 1 is 0.400 bits per heavy atom. The zero-order valence-electron chi connectivity index (χ0n) is 55.9. The molecule has 35 nitrogen and oxygen atoms in total. The summed E-state index contributed by atoms with van der Waals surface area (Å²) >= 11 is 0. The number of methoxy groups -OCH3 is 1. The highest BCUT2D eigenvalue weighted by Gasteiger charge is 2.48. The summed E-state index contributed by atoms with van der Waals surface area (Å²) in [7, 11) is 1.54. The molecule has 0 aromatic rings. The number of aliphatic hydroxyl groups is 9. The Hall–Kier alpha value is -5.00. The Balaban J connectivity index is 0.00000745. The first-order valence-corrected chi connectivity index (χ1v) is 32.4. The monoisotopic (exact) mass is 1370 g/mol. The largest absolute Gasteiger partial charge is 0.394 e. The van der Waals surface area contributed by atoms with Gasteiger partial charge in [0.2, 0.25) is 47.3 Å². The predicted octanol–water partition coefficient (Wildman–Crippen LogP) is -6.16. The van der Waals surface area contributed by atoms with Crippen molar-refractivity contribution in [3.8, 4) is 0 Å². The SMILES string of the molecule is CC(C)C.COCCCNC(=O)CCCC(=O)NC(COCCCC(=O)NCCCO[C@@H]1OC(CO)[C@H](O)C(O)[C@@H]1NC(C)=O)(COCCC(=O)NCCCO[C@@H]1OC(CO)[C@H](O)C(O)[C@@H]1NC(C)=O)COCCC(=O)NCCCO[C@@H]1OC(CO)[C@H](O)C(O)[C@@H]1NC(C)=O. The van der Waals surface area contributed by atoms with Gasteiger partial charge in [0.05, 0.1) is 72.7 Å². The lowest BCUT2D eigenvalue weighted by Crippen LogP contribution is -2.64. The molecular formula is C60H110N8O27. The molecule has 0 spiro atoms. The quantitative estimate of drug-likeness (QED) is 0.0252. The number of amides is 8. The normalized spacial score (nSPS) is 26.4. The maximum absolute atomic E-state index is 13.7. The molecule has 0 bridgehead atoms. The lowest BCUT2D eigenvalue weighted by molar-refractivity contribution is -0.270. The molecule has 3 fully saturated rings. The van der Waals surface area contributed by atoms with Crippen molar-refractivity contribution in [2.75, 3.05) is 119 Å². The van der Waals surface area contributed by atoms with Crippen LogP contribution in [-0.4, -0.2) is 310 Å². The van der Waals surface area contributed by atoms with Gasteiger partial charge in [-0.1, -0.05) is 20.8 Å². The molecule has 6 unspecified atom stereocenters. The highest BCUT2D eigenvalue weighted by Crippen LogP contribution is 2.25. The van der Waals surface area contributed by atoms with E-state index in [2.05, 4.69) is 63.3 Å². The number of aliphatic hydroxyl groups excluding tert-OH is 9. The molecule has 3 saturated heterocycles. The van der Waals surface area contributed by atoms with Crippen molar-refractivity contribution < 1.29 is 132 Å². The summed E-state index contributed by atoms with van der Waals surface area (Å²) in [6.45, 7) is 8.07. The second-order valence-electron chi connectivity index (χ2n) is 23.9. The van der Waals surface area contributed by atoms with Gasteiger partial charge in [0.25, 0.3) is 0 Å². The van der Waals surface area contributed by atoms with Crippen molar-refractivity contribution >= 4 is 47.3 Å². The Morgan fingerprint density at radius 2 is 0.695 bits per heavy atom. The molecule has 8 amide bonds. The summed E-state index contributed by atoms with van der Waals surface area (Å²) in [4.78, 5) is 100. The Kier molecular flexibility index (Phi) is 44.1. The average molecular weight is 1380 g/mol. The highest BCUT2D eigenvalue weighted by atomic mass is 16.7. The minimum atomic E-state index is -1.51. The first-order valence-electron chi connectivity index (χ1n) is 32.4. The van der Waals surface area contributed by atoms with E-state index in [1.807, 2.05) is 0 Å². The maximum atomic E-state index is 13.7. The fourth-order valence-corrected chi connectivity index (χ4v) is 9.60. The molecule has 0 aromatic heterocycles. The van der Waals surface area contributed by atoms with Crippen LogP contribution in [0, 0.1) is 5.92 Å². The summed E-state index contributed by atoms with van der Waals surface area (Å²) < 4.78 is 56.9. The van der Waals surface area contributed by atoms with Crippen LogP contribution in [0.4, 0.5) is 0 Å². The molecule has 95 heavy (non-hydrogen) atoms. The van der Waals surface area contributed by atoms with Gasteiger partial charge in [-0.15, -0.1) is 0 Å². The van der Waals surface area contributed by atoms with E-state index < -0.39 is 153 Å². The molecule has 0 saturated carbocycles. The van der Waals surface area contributed by atoms with Crippen LogP contribution in [0.1, 0.15) is 112 Å². The summed E-state index contributed by atoms with van der Waals surface area (Å²) in [5, 5.41) is 113. The van der Waals surface area contributed by atoms with Crippen molar-refractivity contribution in [3.63, 3.8) is 0 Å². The zero-order chi connectivity index (χ0) is 70.9. The number of rotatable bonds is 46. The maximum Gasteiger partial charge on any atom is 0.222 e. The first-order chi connectivity index (χ1) is 45.2. The van der Waals surface area contributed by atoms with Crippen molar-refractivity contribution in [1.82, 2.24) is 42.5 Å². The lowest BCUT2D eigenvalue weighted by Gasteiger charge is -2.42. The molecule has 0 aromatic carbocycles. The van der Waals surface area contributed by atoms with Gasteiger partial charge in [-0.2, -0.15) is 0 Å². The molecule has 3 aliphatic heterocycles. The van der Waals surface area contributed by atoms with Gasteiger partial charge in [0.15, 0.2) is 18.9 Å². The second-order valence-corrected chi connectivity index (χ2v) is 23.9. The van der Waals surface area contributed by atoms with E-state index in [1.54, 1.807) is 0 Å². The summed E-state index contributed by atoms with van der Waals surface area (Å²) in [5.74, 6) is -2.77. The van der Waals surface area contributed by atoms with E-state index in [0.29, 0.717) is 19.6 Å². The van der Waals surface area contributed by atoms with Crippen LogP contribution >= 0.6 is 0 Å². The number of hydrogen-bond acceptors (Lipinski definition) is 27. The van der Waals surface area contributed by atoms with Gasteiger partial charge in [-0.05, 0) is 44.4 Å². The van der Waals surface area contributed by atoms with Crippen molar-refractivity contribution in [2.45, 2.75) is 210 Å². The Morgan fingerprint density at radius 3 is 1.01 bits per heavy atom. The summed E-state index contributed by atoms with van der Waals surface area (Å²) in [5.41, 5.74) is -1.49. The standard InChI is InChI=1S/C56H100N8O27.C4H10/c1-33(68)61-44-50(79)47(76)36(27-65)89-53(44)86-22-8-17-58-40(72)13-6-21-83-30-56(64-43(75)12-5-11-39(71)57-16-7-20-82-4,31-84-25-14-41(73)59-18-9-23-87-54-45(62-34(2)69)51(80)48(77)37(28-66)90-54)32-85-26-15-42(74)60-19-10-24-88-55-46(63-35(3)70)52(81)49(78)38(29-67)91-55;1-4(2)3/h36-38,44-55,65-67,76-81H,5-32H2,1-4H3,(H,57,71)(H,58,72)(H,59,73)(H,60,74)(H,61,68)(H,62,69)(H,63,70)(H,64,75);4H,1-3H3/t36?,37?,38?,44-,45-,46-,47-,48-,49-,50?,51?,52?,53+,54+,55+,56?;/m0./s1. The third-order valence-corrected chi connectivity index (χ3v) is 14.4. The van der Waals surface area contributed by atoms with Crippen molar-refractivity contribution in [2.24, 2.45) is 5.92 Å². The molecule has 552 valence electrons. The molecule has 35 heteroatoms.